The van der Waals surface area contributed by atoms with E-state index >= 15 is 0 Å². The Morgan fingerprint density at radius 1 is 1.11 bits per heavy atom. The number of anilines is 1. The van der Waals surface area contributed by atoms with Crippen LogP contribution in [-0.2, 0) is 12.6 Å². The van der Waals surface area contributed by atoms with Gasteiger partial charge >= 0.3 is 6.18 Å². The van der Waals surface area contributed by atoms with Crippen molar-refractivity contribution in [3.8, 4) is 11.5 Å². The van der Waals surface area contributed by atoms with Gasteiger partial charge in [0.1, 0.15) is 22.9 Å². The highest BCUT2D eigenvalue weighted by Gasteiger charge is 2.31. The van der Waals surface area contributed by atoms with Crippen molar-refractivity contribution in [3.63, 3.8) is 0 Å². The van der Waals surface area contributed by atoms with Crippen LogP contribution in [0.2, 0.25) is 0 Å². The summed E-state index contributed by atoms with van der Waals surface area (Å²) < 4.78 is 57.4. The molecule has 4 rings (SSSR count). The van der Waals surface area contributed by atoms with Crippen molar-refractivity contribution in [2.75, 3.05) is 5.73 Å². The van der Waals surface area contributed by atoms with Crippen LogP contribution in [0.5, 0.6) is 0 Å². The Kier molecular flexibility index (Phi) is 3.83. The second-order valence-electron chi connectivity index (χ2n) is 5.77. The number of aromatic nitrogens is 4. The number of furan rings is 1. The first-order valence-electron chi connectivity index (χ1n) is 7.73. The quantitative estimate of drug-likeness (QED) is 0.528. The highest BCUT2D eigenvalue weighted by atomic mass is 19.4. The number of benzene rings is 1. The molecule has 3 N–H and O–H groups in total. The minimum absolute atomic E-state index is 0.0207. The molecule has 0 spiro atoms. The first kappa shape index (κ1) is 17.0. The summed E-state index contributed by atoms with van der Waals surface area (Å²) in [5.74, 6) is -0.254. The lowest BCUT2D eigenvalue weighted by Crippen LogP contribution is -2.06. The first-order valence-corrected chi connectivity index (χ1v) is 7.73. The molecular weight excluding hydrogens is 366 g/mol. The van der Waals surface area contributed by atoms with Gasteiger partial charge in [0.2, 0.25) is 5.95 Å². The van der Waals surface area contributed by atoms with Gasteiger partial charge in [-0.2, -0.15) is 18.2 Å². The van der Waals surface area contributed by atoms with Gasteiger partial charge in [0.15, 0.2) is 11.4 Å². The van der Waals surface area contributed by atoms with E-state index < -0.39 is 17.6 Å². The topological polar surface area (TPSA) is 93.6 Å². The molecule has 0 atom stereocenters. The number of nitrogens with one attached hydrogen (secondary N) is 1. The van der Waals surface area contributed by atoms with Gasteiger partial charge in [-0.05, 0) is 29.8 Å². The number of nitrogens with zero attached hydrogens (tertiary/aromatic N) is 3. The third-order valence-corrected chi connectivity index (χ3v) is 3.91. The maximum absolute atomic E-state index is 14.1. The van der Waals surface area contributed by atoms with Gasteiger partial charge in [-0.3, -0.25) is 0 Å². The molecule has 138 valence electrons. The average Bonchev–Trinajstić information content (AvgIpc) is 3.24. The first-order chi connectivity index (χ1) is 12.8. The third-order valence-electron chi connectivity index (χ3n) is 3.91. The van der Waals surface area contributed by atoms with E-state index in [0.29, 0.717) is 28.9 Å². The molecule has 4 aromatic rings. The molecule has 10 heteroatoms. The van der Waals surface area contributed by atoms with Gasteiger partial charge in [-0.1, -0.05) is 6.07 Å². The Morgan fingerprint density at radius 3 is 2.59 bits per heavy atom. The van der Waals surface area contributed by atoms with Crippen LogP contribution in [0.4, 0.5) is 23.5 Å². The number of nitrogens with two attached hydrogens (primary N) is 1. The van der Waals surface area contributed by atoms with E-state index in [1.165, 1.54) is 6.26 Å². The van der Waals surface area contributed by atoms with Gasteiger partial charge in [0, 0.05) is 6.42 Å². The second kappa shape index (κ2) is 6.08. The van der Waals surface area contributed by atoms with Gasteiger partial charge in [-0.15, -0.1) is 0 Å². The van der Waals surface area contributed by atoms with Crippen LogP contribution < -0.4 is 5.73 Å². The van der Waals surface area contributed by atoms with E-state index in [0.717, 1.165) is 12.1 Å². The Labute approximate surface area is 149 Å². The lowest BCUT2D eigenvalue weighted by Gasteiger charge is -2.08. The van der Waals surface area contributed by atoms with Crippen LogP contribution >= 0.6 is 0 Å². The molecule has 0 aliphatic heterocycles. The lowest BCUT2D eigenvalue weighted by molar-refractivity contribution is -0.137. The Balaban J connectivity index is 1.73. The fourth-order valence-electron chi connectivity index (χ4n) is 2.68. The van der Waals surface area contributed by atoms with Crippen LogP contribution in [0.15, 0.2) is 41.0 Å². The summed E-state index contributed by atoms with van der Waals surface area (Å²) in [6.07, 6.45) is -3.20. The smallest absolute Gasteiger partial charge is 0.416 e. The Bertz CT molecular complexity index is 1120. The van der Waals surface area contributed by atoms with Crippen LogP contribution in [-0.4, -0.2) is 19.9 Å². The molecule has 3 heterocycles. The van der Waals surface area contributed by atoms with E-state index in [9.17, 15) is 17.6 Å². The van der Waals surface area contributed by atoms with Gasteiger partial charge in [-0.25, -0.2) is 14.4 Å². The molecule has 0 amide bonds. The van der Waals surface area contributed by atoms with E-state index in [1.54, 1.807) is 12.1 Å². The maximum Gasteiger partial charge on any atom is 0.416 e. The van der Waals surface area contributed by atoms with E-state index in [1.807, 2.05) is 0 Å². The number of fused-ring (bicyclic) bond motifs is 1. The fourth-order valence-corrected chi connectivity index (χ4v) is 2.68. The monoisotopic (exact) mass is 377 g/mol. The number of hydrogen-bond acceptors (Lipinski definition) is 5. The average molecular weight is 377 g/mol. The molecule has 0 aliphatic carbocycles. The standard InChI is InChI=1S/C17H11F4N5O/c18-10-7-9(17(19,20)21)4-3-8(10)6-12-23-14-13(11-2-1-5-27-11)25-16(22)26-15(14)24-12/h1-5,7H,6H2,(H3,22,23,24,25,26). The van der Waals surface area contributed by atoms with Gasteiger partial charge < -0.3 is 15.1 Å². The summed E-state index contributed by atoms with van der Waals surface area (Å²) in [6.45, 7) is 0. The SMILES string of the molecule is Nc1nc(-c2ccco2)c2[nH]c(Cc3ccc(C(F)(F)F)cc3F)nc2n1. The predicted molar refractivity (Wildman–Crippen MR) is 88.0 cm³/mol. The molecule has 0 fully saturated rings. The van der Waals surface area contributed by atoms with Crippen molar-refractivity contribution in [2.24, 2.45) is 0 Å². The van der Waals surface area contributed by atoms with Gasteiger partial charge in [0.25, 0.3) is 0 Å². The van der Waals surface area contributed by atoms with Crippen molar-refractivity contribution in [3.05, 3.63) is 59.4 Å². The molecule has 0 aliphatic rings. The summed E-state index contributed by atoms with van der Waals surface area (Å²) in [5.41, 5.74) is 5.76. The molecule has 1 aromatic carbocycles. The van der Waals surface area contributed by atoms with Crippen molar-refractivity contribution < 1.29 is 22.0 Å². The molecule has 6 nitrogen and oxygen atoms in total. The number of halogens is 4. The number of alkyl halides is 3. The highest BCUT2D eigenvalue weighted by molar-refractivity contribution is 5.86. The minimum atomic E-state index is -4.61. The van der Waals surface area contributed by atoms with Crippen LogP contribution in [0.3, 0.4) is 0 Å². The number of nitrogen functional groups attached to an aromatic ring is 1. The summed E-state index contributed by atoms with van der Waals surface area (Å²) in [5, 5.41) is 0. The van der Waals surface area contributed by atoms with Crippen LogP contribution in [0.1, 0.15) is 17.0 Å². The Morgan fingerprint density at radius 2 is 1.93 bits per heavy atom. The molecular formula is C17H11F4N5O. The zero-order chi connectivity index (χ0) is 19.2. The van der Waals surface area contributed by atoms with E-state index in [4.69, 9.17) is 10.2 Å². The molecule has 0 saturated carbocycles. The van der Waals surface area contributed by atoms with Gasteiger partial charge in [0.05, 0.1) is 11.8 Å². The number of imidazole rings is 1. The van der Waals surface area contributed by atoms with Crippen LogP contribution in [0, 0.1) is 5.82 Å². The van der Waals surface area contributed by atoms with Crippen molar-refractivity contribution >= 4 is 17.1 Å². The number of rotatable bonds is 3. The zero-order valence-corrected chi connectivity index (χ0v) is 13.5. The number of aromatic amines is 1. The fraction of sp³-hybridized carbons (Fsp3) is 0.118. The largest absolute Gasteiger partial charge is 0.463 e. The minimum Gasteiger partial charge on any atom is -0.463 e. The molecule has 27 heavy (non-hydrogen) atoms. The molecule has 0 saturated heterocycles. The van der Waals surface area contributed by atoms with Crippen molar-refractivity contribution in [1.29, 1.82) is 0 Å². The molecule has 0 bridgehead atoms. The number of hydrogen-bond donors (Lipinski definition) is 2. The van der Waals surface area contributed by atoms with Crippen molar-refractivity contribution in [1.82, 2.24) is 19.9 Å². The maximum atomic E-state index is 14.1. The molecule has 0 radical (unpaired) electrons. The second-order valence-corrected chi connectivity index (χ2v) is 5.77. The van der Waals surface area contributed by atoms with E-state index in [2.05, 4.69) is 19.9 Å². The summed E-state index contributed by atoms with van der Waals surface area (Å²) in [7, 11) is 0. The summed E-state index contributed by atoms with van der Waals surface area (Å²) in [4.78, 5) is 15.3. The highest BCUT2D eigenvalue weighted by Crippen LogP contribution is 2.31. The summed E-state index contributed by atoms with van der Waals surface area (Å²) in [6, 6.07) is 5.72. The third kappa shape index (κ3) is 3.21. The normalized spacial score (nSPS) is 12.0. The zero-order valence-electron chi connectivity index (χ0n) is 13.5. The number of H-pyrrole nitrogens is 1. The van der Waals surface area contributed by atoms with E-state index in [-0.39, 0.29) is 23.6 Å². The molecule has 0 unspecified atom stereocenters. The van der Waals surface area contributed by atoms with Crippen molar-refractivity contribution in [2.45, 2.75) is 12.6 Å². The Hall–Kier alpha value is -3.43. The summed E-state index contributed by atoms with van der Waals surface area (Å²) >= 11 is 0. The molecule has 3 aromatic heterocycles. The van der Waals surface area contributed by atoms with Crippen LogP contribution in [0.25, 0.3) is 22.6 Å². The lowest BCUT2D eigenvalue weighted by atomic mass is 10.1. The predicted octanol–water partition coefficient (Wildman–Crippen LogP) is 3.94.